The number of rotatable bonds is 5. The van der Waals surface area contributed by atoms with Gasteiger partial charge in [0.15, 0.2) is 0 Å². The number of nitrogens with one attached hydrogen (secondary N) is 1. The minimum atomic E-state index is -0.636. The molecule has 0 aliphatic carbocycles. The molecule has 1 heterocycles. The Kier molecular flexibility index (Phi) is 5.56. The van der Waals surface area contributed by atoms with Crippen molar-refractivity contribution in [3.05, 3.63) is 77.2 Å². The lowest BCUT2D eigenvalue weighted by molar-refractivity contribution is -0.141. The van der Waals surface area contributed by atoms with E-state index in [1.54, 1.807) is 6.08 Å². The summed E-state index contributed by atoms with van der Waals surface area (Å²) in [7, 11) is 0. The smallest absolute Gasteiger partial charge is 0.355 e. The third kappa shape index (κ3) is 4.76. The van der Waals surface area contributed by atoms with Crippen LogP contribution in [0.25, 0.3) is 17.1 Å². The highest BCUT2D eigenvalue weighted by Crippen LogP contribution is 2.14. The van der Waals surface area contributed by atoms with E-state index < -0.39 is 5.97 Å². The van der Waals surface area contributed by atoms with Crippen LogP contribution in [0.5, 0.6) is 0 Å². The molecule has 3 rings (SSSR count). The quantitative estimate of drug-likeness (QED) is 0.558. The van der Waals surface area contributed by atoms with Gasteiger partial charge >= 0.3 is 5.97 Å². The van der Waals surface area contributed by atoms with Crippen LogP contribution >= 0.6 is 0 Å². The number of para-hydroxylation sites is 2. The van der Waals surface area contributed by atoms with Crippen molar-refractivity contribution >= 4 is 29.0 Å². The normalized spacial score (nSPS) is 11.3. The number of aryl methyl sites for hydroxylation is 1. The Morgan fingerprint density at radius 1 is 1.00 bits per heavy atom. The minimum absolute atomic E-state index is 0.0335. The van der Waals surface area contributed by atoms with Crippen LogP contribution in [0.4, 0.5) is 0 Å². The van der Waals surface area contributed by atoms with Crippen LogP contribution in [0, 0.1) is 6.92 Å². The summed E-state index contributed by atoms with van der Waals surface area (Å²) in [5.74, 6) is -0.987. The van der Waals surface area contributed by atoms with Crippen LogP contribution in [0.15, 0.2) is 60.3 Å². The summed E-state index contributed by atoms with van der Waals surface area (Å²) in [5, 5.41) is 2.52. The van der Waals surface area contributed by atoms with Gasteiger partial charge in [-0.05, 0) is 30.7 Å². The van der Waals surface area contributed by atoms with Crippen molar-refractivity contribution in [3.8, 4) is 0 Å². The van der Waals surface area contributed by atoms with Gasteiger partial charge in [0.2, 0.25) is 5.91 Å². The molecule has 0 fully saturated rings. The van der Waals surface area contributed by atoms with Crippen molar-refractivity contribution in [1.82, 2.24) is 15.3 Å². The van der Waals surface area contributed by atoms with Crippen molar-refractivity contribution in [2.24, 2.45) is 0 Å². The first-order valence-electron chi connectivity index (χ1n) is 8.46. The van der Waals surface area contributed by atoms with Gasteiger partial charge in [0.05, 0.1) is 22.4 Å². The van der Waals surface area contributed by atoms with E-state index in [0.29, 0.717) is 11.4 Å². The lowest BCUT2D eigenvalue weighted by atomic mass is 10.2. The lowest BCUT2D eigenvalue weighted by Gasteiger charge is -2.10. The number of nitrogens with zero attached hydrogens (tertiary/aromatic N) is 2. The molecule has 0 bridgehead atoms. The minimum Gasteiger partial charge on any atom is -0.454 e. The summed E-state index contributed by atoms with van der Waals surface area (Å²) >= 11 is 0. The zero-order valence-electron chi connectivity index (χ0n) is 15.1. The lowest BCUT2D eigenvalue weighted by Crippen LogP contribution is -2.26. The molecule has 0 saturated heterocycles. The van der Waals surface area contributed by atoms with Crippen LogP contribution in [0.3, 0.4) is 0 Å². The number of benzene rings is 2. The first-order chi connectivity index (χ1) is 13.0. The summed E-state index contributed by atoms with van der Waals surface area (Å²) in [6, 6.07) is 16.7. The largest absolute Gasteiger partial charge is 0.454 e. The maximum Gasteiger partial charge on any atom is 0.355 e. The Bertz CT molecular complexity index is 1010. The van der Waals surface area contributed by atoms with E-state index in [1.165, 1.54) is 6.92 Å². The number of hydrogen-bond acceptors (Lipinski definition) is 5. The fourth-order valence-electron chi connectivity index (χ4n) is 2.52. The molecule has 0 unspecified atom stereocenters. The Morgan fingerprint density at radius 3 is 2.30 bits per heavy atom. The van der Waals surface area contributed by atoms with Gasteiger partial charge < -0.3 is 10.1 Å². The topological polar surface area (TPSA) is 81.2 Å². The number of fused-ring (bicyclic) bond motifs is 1. The zero-order valence-corrected chi connectivity index (χ0v) is 15.1. The molecule has 1 amide bonds. The molecule has 6 nitrogen and oxygen atoms in total. The first kappa shape index (κ1) is 18.3. The number of carbonyl (C=O) groups is 2. The van der Waals surface area contributed by atoms with Gasteiger partial charge in [0, 0.05) is 6.92 Å². The average molecular weight is 361 g/mol. The zero-order chi connectivity index (χ0) is 19.2. The Hall–Kier alpha value is -3.54. The van der Waals surface area contributed by atoms with Gasteiger partial charge in [-0.2, -0.15) is 0 Å². The number of amides is 1. The van der Waals surface area contributed by atoms with Crippen molar-refractivity contribution in [1.29, 1.82) is 0 Å². The SMILES string of the molecule is CC(=O)N/C(=C/c1ccccc1)C(=O)OCc1nc2ccccc2nc1C. The molecule has 0 saturated carbocycles. The molecular weight excluding hydrogens is 342 g/mol. The molecule has 1 aromatic heterocycles. The van der Waals surface area contributed by atoms with Crippen molar-refractivity contribution < 1.29 is 14.3 Å². The van der Waals surface area contributed by atoms with Gasteiger partial charge in [-0.15, -0.1) is 0 Å². The Balaban J connectivity index is 1.79. The summed E-state index contributed by atoms with van der Waals surface area (Å²) in [5.41, 5.74) is 3.63. The molecular formula is C21H19N3O3. The van der Waals surface area contributed by atoms with Gasteiger partial charge in [-0.1, -0.05) is 42.5 Å². The second-order valence-electron chi connectivity index (χ2n) is 5.97. The van der Waals surface area contributed by atoms with E-state index >= 15 is 0 Å². The maximum absolute atomic E-state index is 12.5. The third-order valence-corrected chi connectivity index (χ3v) is 3.82. The molecule has 0 radical (unpaired) electrons. The summed E-state index contributed by atoms with van der Waals surface area (Å²) in [4.78, 5) is 32.9. The predicted octanol–water partition coefficient (Wildman–Crippen LogP) is 3.16. The van der Waals surface area contributed by atoms with Crippen LogP contribution in [0.1, 0.15) is 23.9 Å². The molecule has 0 spiro atoms. The molecule has 0 atom stereocenters. The van der Waals surface area contributed by atoms with Crippen LogP contribution in [-0.4, -0.2) is 21.8 Å². The van der Waals surface area contributed by atoms with Crippen molar-refractivity contribution in [2.75, 3.05) is 0 Å². The molecule has 136 valence electrons. The number of esters is 1. The van der Waals surface area contributed by atoms with Crippen LogP contribution < -0.4 is 5.32 Å². The summed E-state index contributed by atoms with van der Waals surface area (Å²) < 4.78 is 5.37. The Morgan fingerprint density at radius 2 is 1.63 bits per heavy atom. The number of aromatic nitrogens is 2. The highest BCUT2D eigenvalue weighted by Gasteiger charge is 2.15. The monoisotopic (exact) mass is 361 g/mol. The number of carbonyl (C=O) groups excluding carboxylic acids is 2. The molecule has 1 N–H and O–H groups in total. The van der Waals surface area contributed by atoms with Gasteiger partial charge in [-0.3, -0.25) is 4.79 Å². The van der Waals surface area contributed by atoms with Crippen molar-refractivity contribution in [3.63, 3.8) is 0 Å². The van der Waals surface area contributed by atoms with Gasteiger partial charge in [-0.25, -0.2) is 14.8 Å². The van der Waals surface area contributed by atoms with Gasteiger partial charge in [0.1, 0.15) is 12.3 Å². The second kappa shape index (κ2) is 8.23. The Labute approximate surface area is 156 Å². The summed E-state index contributed by atoms with van der Waals surface area (Å²) in [6.45, 7) is 3.12. The fraction of sp³-hybridized carbons (Fsp3) is 0.143. The summed E-state index contributed by atoms with van der Waals surface area (Å²) in [6.07, 6.45) is 1.57. The first-order valence-corrected chi connectivity index (χ1v) is 8.46. The van der Waals surface area contributed by atoms with Gasteiger partial charge in [0.25, 0.3) is 0 Å². The fourth-order valence-corrected chi connectivity index (χ4v) is 2.52. The van der Waals surface area contributed by atoms with E-state index in [9.17, 15) is 9.59 Å². The molecule has 2 aromatic carbocycles. The van der Waals surface area contributed by atoms with E-state index in [4.69, 9.17) is 4.74 Å². The molecule has 6 heteroatoms. The number of ether oxygens (including phenoxy) is 1. The maximum atomic E-state index is 12.5. The third-order valence-electron chi connectivity index (χ3n) is 3.82. The molecule has 0 aliphatic rings. The van der Waals surface area contributed by atoms with E-state index in [2.05, 4.69) is 15.3 Å². The van der Waals surface area contributed by atoms with E-state index in [1.807, 2.05) is 61.5 Å². The second-order valence-corrected chi connectivity index (χ2v) is 5.97. The highest BCUT2D eigenvalue weighted by molar-refractivity contribution is 5.97. The average Bonchev–Trinajstić information content (AvgIpc) is 2.66. The molecule has 3 aromatic rings. The van der Waals surface area contributed by atoms with Crippen LogP contribution in [0.2, 0.25) is 0 Å². The van der Waals surface area contributed by atoms with E-state index in [-0.39, 0.29) is 18.2 Å². The molecule has 0 aliphatic heterocycles. The highest BCUT2D eigenvalue weighted by atomic mass is 16.5. The molecule has 27 heavy (non-hydrogen) atoms. The van der Waals surface area contributed by atoms with Crippen molar-refractivity contribution in [2.45, 2.75) is 20.5 Å². The van der Waals surface area contributed by atoms with Crippen LogP contribution in [-0.2, 0) is 20.9 Å². The predicted molar refractivity (Wildman–Crippen MR) is 102 cm³/mol. The standard InChI is InChI=1S/C21H19N3O3/c1-14-20(24-18-11-7-6-10-17(18)22-14)13-27-21(26)19(23-15(2)25)12-16-8-4-3-5-9-16/h3-12H,13H2,1-2H3,(H,23,25)/b19-12+. The number of hydrogen-bond donors (Lipinski definition) is 1. The van der Waals surface area contributed by atoms with E-state index in [0.717, 1.165) is 16.6 Å².